The van der Waals surface area contributed by atoms with Crippen molar-refractivity contribution in [3.8, 4) is 0 Å². The maximum atomic E-state index is 12.1. The summed E-state index contributed by atoms with van der Waals surface area (Å²) in [6.45, 7) is 3.99. The monoisotopic (exact) mass is 311 g/mol. The maximum absolute atomic E-state index is 12.1. The number of hydrogen-bond donors (Lipinski definition) is 2. The summed E-state index contributed by atoms with van der Waals surface area (Å²) in [6.07, 6.45) is 0.573. The lowest BCUT2D eigenvalue weighted by Gasteiger charge is -2.18. The average molecular weight is 312 g/mol. The van der Waals surface area contributed by atoms with E-state index in [9.17, 15) is 9.59 Å². The molecule has 0 aliphatic heterocycles. The van der Waals surface area contributed by atoms with Crippen molar-refractivity contribution in [2.75, 3.05) is 19.4 Å². The van der Waals surface area contributed by atoms with Crippen LogP contribution in [0.5, 0.6) is 0 Å². The molecular weight excluding hydrogens is 290 g/mol. The third kappa shape index (κ3) is 5.02. The van der Waals surface area contributed by atoms with Crippen LogP contribution in [0.4, 0.5) is 5.69 Å². The number of hydrogen-bond acceptors (Lipinski definition) is 3. The fraction of sp³-hybridized carbons (Fsp3) is 0.467. The van der Waals surface area contributed by atoms with E-state index in [2.05, 4.69) is 5.32 Å². The molecule has 1 rings (SSSR count). The molecule has 3 N–H and O–H groups in total. The predicted molar refractivity (Wildman–Crippen MR) is 85.5 cm³/mol. The van der Waals surface area contributed by atoms with Gasteiger partial charge in [-0.2, -0.15) is 0 Å². The Bertz CT molecular complexity index is 530. The zero-order valence-corrected chi connectivity index (χ0v) is 13.6. The van der Waals surface area contributed by atoms with Crippen molar-refractivity contribution in [1.82, 2.24) is 4.90 Å². The molecule has 0 fully saturated rings. The number of rotatable bonds is 5. The Balaban J connectivity index is 2.99. The van der Waals surface area contributed by atoms with Crippen molar-refractivity contribution < 1.29 is 9.59 Å². The highest BCUT2D eigenvalue weighted by Crippen LogP contribution is 2.22. The van der Waals surface area contributed by atoms with Gasteiger partial charge in [0.2, 0.25) is 5.91 Å². The molecule has 0 unspecified atom stereocenters. The Hall–Kier alpha value is -1.59. The van der Waals surface area contributed by atoms with E-state index in [1.54, 1.807) is 32.3 Å². The number of carbonyl (C=O) groups is 2. The zero-order chi connectivity index (χ0) is 16.2. The molecule has 0 radical (unpaired) electrons. The largest absolute Gasteiger partial charge is 0.345 e. The Kier molecular flexibility index (Phi) is 6.18. The third-order valence-corrected chi connectivity index (χ3v) is 3.17. The topological polar surface area (TPSA) is 75.4 Å². The molecule has 0 saturated carbocycles. The SMILES string of the molecule is CC(C)C[C@@H](N)C(=O)Nc1cc(Cl)ccc1C(=O)N(C)C. The molecule has 0 spiro atoms. The summed E-state index contributed by atoms with van der Waals surface area (Å²) in [5, 5.41) is 3.14. The van der Waals surface area contributed by atoms with Crippen molar-refractivity contribution in [2.45, 2.75) is 26.3 Å². The zero-order valence-electron chi connectivity index (χ0n) is 12.8. The smallest absolute Gasteiger partial charge is 0.255 e. The molecule has 0 aromatic heterocycles. The van der Waals surface area contributed by atoms with Crippen LogP contribution < -0.4 is 11.1 Å². The number of halogens is 1. The average Bonchev–Trinajstić information content (AvgIpc) is 2.37. The van der Waals surface area contributed by atoms with E-state index in [0.717, 1.165) is 0 Å². The molecule has 0 saturated heterocycles. The molecule has 1 aromatic carbocycles. The van der Waals surface area contributed by atoms with Gasteiger partial charge in [-0.25, -0.2) is 0 Å². The van der Waals surface area contributed by atoms with Gasteiger partial charge in [0.15, 0.2) is 0 Å². The normalized spacial score (nSPS) is 12.1. The van der Waals surface area contributed by atoms with E-state index in [-0.39, 0.29) is 11.8 Å². The van der Waals surface area contributed by atoms with Crippen molar-refractivity contribution in [3.05, 3.63) is 28.8 Å². The van der Waals surface area contributed by atoms with Gasteiger partial charge in [0, 0.05) is 19.1 Å². The minimum absolute atomic E-state index is 0.209. The summed E-state index contributed by atoms with van der Waals surface area (Å²) in [4.78, 5) is 25.6. The fourth-order valence-electron chi connectivity index (χ4n) is 1.89. The van der Waals surface area contributed by atoms with Gasteiger partial charge in [0.1, 0.15) is 0 Å². The van der Waals surface area contributed by atoms with E-state index in [1.807, 2.05) is 13.8 Å². The molecule has 21 heavy (non-hydrogen) atoms. The second-order valence-electron chi connectivity index (χ2n) is 5.61. The Morgan fingerprint density at radius 1 is 1.33 bits per heavy atom. The van der Waals surface area contributed by atoms with Gasteiger partial charge >= 0.3 is 0 Å². The van der Waals surface area contributed by atoms with Crippen LogP contribution in [-0.4, -0.2) is 36.9 Å². The van der Waals surface area contributed by atoms with Crippen LogP contribution in [0.1, 0.15) is 30.6 Å². The van der Waals surface area contributed by atoms with Gasteiger partial charge in [-0.05, 0) is 30.5 Å². The molecule has 1 aromatic rings. The number of nitrogens with zero attached hydrogens (tertiary/aromatic N) is 1. The summed E-state index contributed by atoms with van der Waals surface area (Å²) in [6, 6.07) is 4.14. The van der Waals surface area contributed by atoms with Crippen LogP contribution in [0.25, 0.3) is 0 Å². The standard InChI is InChI=1S/C15H22ClN3O2/c1-9(2)7-12(17)14(20)18-13-8-10(16)5-6-11(13)15(21)19(3)4/h5-6,8-9,12H,7,17H2,1-4H3,(H,18,20)/t12-/m1/s1. The molecule has 5 nitrogen and oxygen atoms in total. The first kappa shape index (κ1) is 17.5. The number of benzene rings is 1. The second-order valence-corrected chi connectivity index (χ2v) is 6.05. The minimum atomic E-state index is -0.619. The van der Waals surface area contributed by atoms with Gasteiger partial charge < -0.3 is 16.0 Å². The number of amides is 2. The van der Waals surface area contributed by atoms with E-state index in [0.29, 0.717) is 28.6 Å². The molecule has 116 valence electrons. The maximum Gasteiger partial charge on any atom is 0.255 e. The second kappa shape index (κ2) is 7.43. The van der Waals surface area contributed by atoms with Crippen LogP contribution in [0.15, 0.2) is 18.2 Å². The van der Waals surface area contributed by atoms with Crippen molar-refractivity contribution in [1.29, 1.82) is 0 Å². The lowest BCUT2D eigenvalue weighted by Crippen LogP contribution is -2.37. The molecule has 0 bridgehead atoms. The molecule has 0 aliphatic rings. The quantitative estimate of drug-likeness (QED) is 0.876. The van der Waals surface area contributed by atoms with Crippen LogP contribution >= 0.6 is 11.6 Å². The first-order chi connectivity index (χ1) is 9.72. The van der Waals surface area contributed by atoms with Crippen molar-refractivity contribution in [3.63, 3.8) is 0 Å². The third-order valence-electron chi connectivity index (χ3n) is 2.94. The molecule has 0 heterocycles. The number of anilines is 1. The molecule has 6 heteroatoms. The minimum Gasteiger partial charge on any atom is -0.345 e. The molecule has 2 amide bonds. The molecule has 1 atom stereocenters. The Morgan fingerprint density at radius 2 is 1.95 bits per heavy atom. The van der Waals surface area contributed by atoms with Gasteiger partial charge in [0.25, 0.3) is 5.91 Å². The van der Waals surface area contributed by atoms with E-state index < -0.39 is 6.04 Å². The van der Waals surface area contributed by atoms with Crippen LogP contribution in [0.3, 0.4) is 0 Å². The fourth-order valence-corrected chi connectivity index (χ4v) is 2.06. The van der Waals surface area contributed by atoms with Gasteiger partial charge in [-0.3, -0.25) is 9.59 Å². The lowest BCUT2D eigenvalue weighted by molar-refractivity contribution is -0.117. The number of carbonyl (C=O) groups excluding carboxylic acids is 2. The summed E-state index contributed by atoms with van der Waals surface area (Å²) in [5.41, 5.74) is 6.61. The lowest BCUT2D eigenvalue weighted by atomic mass is 10.0. The van der Waals surface area contributed by atoms with Crippen LogP contribution in [-0.2, 0) is 4.79 Å². The van der Waals surface area contributed by atoms with E-state index >= 15 is 0 Å². The number of nitrogens with two attached hydrogens (primary N) is 1. The Labute approximate surface area is 130 Å². The highest BCUT2D eigenvalue weighted by Gasteiger charge is 2.19. The first-order valence-corrected chi connectivity index (χ1v) is 7.17. The van der Waals surface area contributed by atoms with Crippen molar-refractivity contribution >= 4 is 29.1 Å². The molecular formula is C15H22ClN3O2. The highest BCUT2D eigenvalue weighted by molar-refractivity contribution is 6.31. The first-order valence-electron chi connectivity index (χ1n) is 6.80. The highest BCUT2D eigenvalue weighted by atomic mass is 35.5. The molecule has 0 aliphatic carbocycles. The van der Waals surface area contributed by atoms with E-state index in [1.165, 1.54) is 4.90 Å². The van der Waals surface area contributed by atoms with Gasteiger partial charge in [-0.15, -0.1) is 0 Å². The summed E-state index contributed by atoms with van der Waals surface area (Å²) < 4.78 is 0. The summed E-state index contributed by atoms with van der Waals surface area (Å²) in [5.74, 6) is -0.217. The Morgan fingerprint density at radius 3 is 2.48 bits per heavy atom. The summed E-state index contributed by atoms with van der Waals surface area (Å²) >= 11 is 5.94. The van der Waals surface area contributed by atoms with Gasteiger partial charge in [0.05, 0.1) is 17.3 Å². The van der Waals surface area contributed by atoms with Crippen molar-refractivity contribution in [2.24, 2.45) is 11.7 Å². The predicted octanol–water partition coefficient (Wildman–Crippen LogP) is 2.35. The van der Waals surface area contributed by atoms with E-state index in [4.69, 9.17) is 17.3 Å². The van der Waals surface area contributed by atoms with Crippen LogP contribution in [0.2, 0.25) is 5.02 Å². The summed E-state index contributed by atoms with van der Waals surface area (Å²) in [7, 11) is 3.29. The number of nitrogens with one attached hydrogen (secondary N) is 1. The van der Waals surface area contributed by atoms with Gasteiger partial charge in [-0.1, -0.05) is 25.4 Å². The van der Waals surface area contributed by atoms with Crippen LogP contribution in [0, 0.1) is 5.92 Å².